The summed E-state index contributed by atoms with van der Waals surface area (Å²) in [6.07, 6.45) is 1.58. The number of halogens is 1. The highest BCUT2D eigenvalue weighted by molar-refractivity contribution is 9.10. The Morgan fingerprint density at radius 1 is 1.59 bits per heavy atom. The third-order valence-electron chi connectivity index (χ3n) is 2.20. The number of hydrogen-bond donors (Lipinski definition) is 3. The second-order valence-electron chi connectivity index (χ2n) is 3.40. The van der Waals surface area contributed by atoms with Crippen molar-refractivity contribution in [3.63, 3.8) is 0 Å². The fraction of sp³-hybridized carbons (Fsp3) is 0.100. The summed E-state index contributed by atoms with van der Waals surface area (Å²) < 4.78 is 0.694. The number of anilines is 2. The molecule has 2 aromatic heterocycles. The zero-order chi connectivity index (χ0) is 12.4. The number of pyridine rings is 1. The molecule has 0 saturated heterocycles. The van der Waals surface area contributed by atoms with Gasteiger partial charge in [0.25, 0.3) is 5.91 Å². The van der Waals surface area contributed by atoms with Crippen molar-refractivity contribution in [3.8, 4) is 0 Å². The standard InChI is InChI=1S/C10H10BrN5O/c1-5-7(12)8(16-15-5)10(17)14-9-6(11)3-2-4-13-9/h2-4H,12H2,1H3,(H,15,16)(H,13,14,17). The molecule has 0 spiro atoms. The SMILES string of the molecule is Cc1[nH]nc(C(=O)Nc2ncccc2Br)c1N. The lowest BCUT2D eigenvalue weighted by atomic mass is 10.3. The fourth-order valence-electron chi connectivity index (χ4n) is 1.26. The van der Waals surface area contributed by atoms with Gasteiger partial charge in [0.1, 0.15) is 5.82 Å². The summed E-state index contributed by atoms with van der Waals surface area (Å²) >= 11 is 3.28. The number of nitrogens with one attached hydrogen (secondary N) is 2. The van der Waals surface area contributed by atoms with E-state index in [0.717, 1.165) is 0 Å². The van der Waals surface area contributed by atoms with Crippen LogP contribution in [-0.2, 0) is 0 Å². The highest BCUT2D eigenvalue weighted by Crippen LogP contribution is 2.20. The summed E-state index contributed by atoms with van der Waals surface area (Å²) in [6, 6.07) is 3.54. The first kappa shape index (κ1) is 11.6. The van der Waals surface area contributed by atoms with Crippen LogP contribution in [0.15, 0.2) is 22.8 Å². The van der Waals surface area contributed by atoms with E-state index in [0.29, 0.717) is 21.7 Å². The summed E-state index contributed by atoms with van der Waals surface area (Å²) in [6.45, 7) is 1.75. The van der Waals surface area contributed by atoms with E-state index in [4.69, 9.17) is 5.73 Å². The van der Waals surface area contributed by atoms with Gasteiger partial charge in [-0.05, 0) is 35.0 Å². The Labute approximate surface area is 106 Å². The van der Waals surface area contributed by atoms with Crippen LogP contribution < -0.4 is 11.1 Å². The van der Waals surface area contributed by atoms with Gasteiger partial charge in [-0.3, -0.25) is 9.89 Å². The highest BCUT2D eigenvalue weighted by atomic mass is 79.9. The molecular formula is C10H10BrN5O. The molecule has 0 radical (unpaired) electrons. The van der Waals surface area contributed by atoms with Gasteiger partial charge in [-0.2, -0.15) is 5.10 Å². The van der Waals surface area contributed by atoms with Crippen molar-refractivity contribution in [2.75, 3.05) is 11.1 Å². The molecule has 2 aromatic rings. The van der Waals surface area contributed by atoms with E-state index in [1.807, 2.05) is 0 Å². The van der Waals surface area contributed by atoms with Crippen LogP contribution in [0.5, 0.6) is 0 Å². The van der Waals surface area contributed by atoms with E-state index >= 15 is 0 Å². The zero-order valence-corrected chi connectivity index (χ0v) is 10.6. The largest absolute Gasteiger partial charge is 0.395 e. The molecule has 0 aliphatic heterocycles. The molecule has 0 unspecified atom stereocenters. The third-order valence-corrected chi connectivity index (χ3v) is 2.84. The number of carbonyl (C=O) groups excluding carboxylic acids is 1. The van der Waals surface area contributed by atoms with Gasteiger partial charge in [-0.25, -0.2) is 4.98 Å². The first-order valence-electron chi connectivity index (χ1n) is 4.82. The Morgan fingerprint density at radius 3 is 2.94 bits per heavy atom. The van der Waals surface area contributed by atoms with Crippen LogP contribution in [-0.4, -0.2) is 21.1 Å². The molecule has 0 saturated carbocycles. The topological polar surface area (TPSA) is 96.7 Å². The first-order valence-corrected chi connectivity index (χ1v) is 5.61. The second kappa shape index (κ2) is 4.54. The van der Waals surface area contributed by atoms with Gasteiger partial charge in [0.15, 0.2) is 5.69 Å². The summed E-state index contributed by atoms with van der Waals surface area (Å²) in [7, 11) is 0. The van der Waals surface area contributed by atoms with Crippen molar-refractivity contribution in [2.24, 2.45) is 0 Å². The minimum absolute atomic E-state index is 0.167. The Balaban J connectivity index is 2.23. The van der Waals surface area contributed by atoms with Crippen LogP contribution in [0.4, 0.5) is 11.5 Å². The predicted octanol–water partition coefficient (Wildman–Crippen LogP) is 1.71. The molecule has 0 bridgehead atoms. The molecule has 1 amide bonds. The molecular weight excluding hydrogens is 286 g/mol. The average Bonchev–Trinajstić information content (AvgIpc) is 2.63. The van der Waals surface area contributed by atoms with E-state index in [-0.39, 0.29) is 5.69 Å². The summed E-state index contributed by atoms with van der Waals surface area (Å²) in [5.74, 6) is 0.0313. The molecule has 7 heteroatoms. The van der Waals surface area contributed by atoms with Crippen LogP contribution in [0.1, 0.15) is 16.2 Å². The van der Waals surface area contributed by atoms with Gasteiger partial charge < -0.3 is 11.1 Å². The molecule has 2 rings (SSSR count). The van der Waals surface area contributed by atoms with Crippen molar-refractivity contribution in [2.45, 2.75) is 6.92 Å². The zero-order valence-electron chi connectivity index (χ0n) is 8.99. The number of amides is 1. The number of carbonyl (C=O) groups is 1. The van der Waals surface area contributed by atoms with Crippen molar-refractivity contribution in [3.05, 3.63) is 34.2 Å². The Bertz CT molecular complexity index is 566. The van der Waals surface area contributed by atoms with Gasteiger partial charge in [0, 0.05) is 6.20 Å². The second-order valence-corrected chi connectivity index (χ2v) is 4.25. The van der Waals surface area contributed by atoms with Crippen molar-refractivity contribution < 1.29 is 4.79 Å². The number of rotatable bonds is 2. The molecule has 6 nitrogen and oxygen atoms in total. The van der Waals surface area contributed by atoms with Gasteiger partial charge in [0.2, 0.25) is 0 Å². The summed E-state index contributed by atoms with van der Waals surface area (Å²) in [5, 5.41) is 9.11. The Kier molecular flexibility index (Phi) is 3.10. The van der Waals surface area contributed by atoms with E-state index in [2.05, 4.69) is 36.4 Å². The molecule has 0 fully saturated rings. The molecule has 0 atom stereocenters. The number of nitrogen functional groups attached to an aromatic ring is 1. The van der Waals surface area contributed by atoms with Crippen molar-refractivity contribution in [1.82, 2.24) is 15.2 Å². The third kappa shape index (κ3) is 2.28. The maximum atomic E-state index is 11.9. The van der Waals surface area contributed by atoms with Crippen molar-refractivity contribution >= 4 is 33.3 Å². The highest BCUT2D eigenvalue weighted by Gasteiger charge is 2.16. The maximum absolute atomic E-state index is 11.9. The van der Waals surface area contributed by atoms with Crippen LogP contribution in [0, 0.1) is 6.92 Å². The van der Waals surface area contributed by atoms with Gasteiger partial charge in [0.05, 0.1) is 15.9 Å². The summed E-state index contributed by atoms with van der Waals surface area (Å²) in [5.41, 5.74) is 6.88. The lowest BCUT2D eigenvalue weighted by molar-refractivity contribution is 0.102. The van der Waals surface area contributed by atoms with Crippen molar-refractivity contribution in [1.29, 1.82) is 0 Å². The number of nitrogens with two attached hydrogens (primary N) is 1. The van der Waals surface area contributed by atoms with Crippen LogP contribution in [0.2, 0.25) is 0 Å². The van der Waals surface area contributed by atoms with Gasteiger partial charge in [-0.15, -0.1) is 0 Å². The minimum atomic E-state index is -0.397. The smallest absolute Gasteiger partial charge is 0.279 e. The Hall–Kier alpha value is -1.89. The van der Waals surface area contributed by atoms with Gasteiger partial charge in [-0.1, -0.05) is 0 Å². The molecule has 0 aliphatic rings. The van der Waals surface area contributed by atoms with Crippen LogP contribution >= 0.6 is 15.9 Å². The molecule has 0 aliphatic carbocycles. The number of aromatic amines is 1. The quantitative estimate of drug-likeness (QED) is 0.786. The van der Waals surface area contributed by atoms with E-state index in [9.17, 15) is 4.79 Å². The normalized spacial score (nSPS) is 10.2. The monoisotopic (exact) mass is 295 g/mol. The molecule has 4 N–H and O–H groups in total. The van der Waals surface area contributed by atoms with Gasteiger partial charge >= 0.3 is 0 Å². The van der Waals surface area contributed by atoms with E-state index in [1.54, 1.807) is 25.3 Å². The number of H-pyrrole nitrogens is 1. The number of hydrogen-bond acceptors (Lipinski definition) is 4. The molecule has 0 aromatic carbocycles. The predicted molar refractivity (Wildman–Crippen MR) is 67.6 cm³/mol. The lowest BCUT2D eigenvalue weighted by Gasteiger charge is -2.04. The van der Waals surface area contributed by atoms with E-state index < -0.39 is 5.91 Å². The lowest BCUT2D eigenvalue weighted by Crippen LogP contribution is -2.15. The van der Waals surface area contributed by atoms with E-state index in [1.165, 1.54) is 0 Å². The minimum Gasteiger partial charge on any atom is -0.395 e. The number of nitrogens with zero attached hydrogens (tertiary/aromatic N) is 2. The number of aromatic nitrogens is 3. The molecule has 2 heterocycles. The summed E-state index contributed by atoms with van der Waals surface area (Å²) in [4.78, 5) is 15.9. The molecule has 17 heavy (non-hydrogen) atoms. The fourth-order valence-corrected chi connectivity index (χ4v) is 1.61. The first-order chi connectivity index (χ1) is 8.09. The number of aryl methyl sites for hydroxylation is 1. The molecule has 88 valence electrons. The maximum Gasteiger partial charge on any atom is 0.279 e. The Morgan fingerprint density at radius 2 is 2.35 bits per heavy atom. The average molecular weight is 296 g/mol. The van der Waals surface area contributed by atoms with Crippen LogP contribution in [0.3, 0.4) is 0 Å². The van der Waals surface area contributed by atoms with Crippen LogP contribution in [0.25, 0.3) is 0 Å².